The molecule has 1 atom stereocenters. The summed E-state index contributed by atoms with van der Waals surface area (Å²) in [6, 6.07) is 7.90. The molecule has 0 N–H and O–H groups in total. The van der Waals surface area contributed by atoms with E-state index in [2.05, 4.69) is 5.92 Å². The molecule has 6 rings (SSSR count). The molecule has 5 fully saturated rings. The zero-order valence-corrected chi connectivity index (χ0v) is 14.6. The maximum absolute atomic E-state index is 6.06. The Balaban J connectivity index is 1.54. The zero-order chi connectivity index (χ0) is 17.1. The summed E-state index contributed by atoms with van der Waals surface area (Å²) in [7, 11) is 1.73. The Bertz CT molecular complexity index is 689. The van der Waals surface area contributed by atoms with Crippen molar-refractivity contribution in [2.75, 3.05) is 13.7 Å². The summed E-state index contributed by atoms with van der Waals surface area (Å²) in [6.07, 6.45) is 11.6. The largest absolute Gasteiger partial charge is 0.481 e. The van der Waals surface area contributed by atoms with Crippen molar-refractivity contribution in [2.24, 2.45) is 23.7 Å². The molecule has 132 valence electrons. The molecule has 1 saturated heterocycles. The van der Waals surface area contributed by atoms with E-state index in [9.17, 15) is 0 Å². The SMILES string of the molecule is C#CCOc1cccc(C2(OC)OOC23C2CC4CC(C2)CC3C4)c1. The molecular formula is C21H24O4. The highest BCUT2D eigenvalue weighted by molar-refractivity contribution is 5.36. The van der Waals surface area contributed by atoms with Gasteiger partial charge in [0.15, 0.2) is 5.60 Å². The molecule has 1 aromatic rings. The van der Waals surface area contributed by atoms with E-state index in [0.29, 0.717) is 11.8 Å². The fourth-order valence-corrected chi connectivity index (χ4v) is 6.27. The van der Waals surface area contributed by atoms with E-state index in [4.69, 9.17) is 25.7 Å². The van der Waals surface area contributed by atoms with Gasteiger partial charge in [-0.1, -0.05) is 18.1 Å². The molecule has 25 heavy (non-hydrogen) atoms. The maximum Gasteiger partial charge on any atom is 0.260 e. The fraction of sp³-hybridized carbons (Fsp3) is 0.619. The van der Waals surface area contributed by atoms with Gasteiger partial charge in [0.05, 0.1) is 0 Å². The lowest BCUT2D eigenvalue weighted by Crippen LogP contribution is -2.76. The average molecular weight is 340 g/mol. The molecule has 0 aromatic heterocycles. The van der Waals surface area contributed by atoms with Gasteiger partial charge in [0.25, 0.3) is 5.79 Å². The van der Waals surface area contributed by atoms with Crippen molar-refractivity contribution in [3.05, 3.63) is 29.8 Å². The van der Waals surface area contributed by atoms with Crippen LogP contribution in [0.2, 0.25) is 0 Å². The lowest BCUT2D eigenvalue weighted by Gasteiger charge is -2.68. The average Bonchev–Trinajstić information content (AvgIpc) is 2.60. The third kappa shape index (κ3) is 1.95. The van der Waals surface area contributed by atoms with Crippen LogP contribution in [0.3, 0.4) is 0 Å². The molecule has 4 bridgehead atoms. The highest BCUT2D eigenvalue weighted by Gasteiger charge is 2.76. The van der Waals surface area contributed by atoms with Crippen LogP contribution >= 0.6 is 0 Å². The lowest BCUT2D eigenvalue weighted by atomic mass is 9.47. The van der Waals surface area contributed by atoms with Crippen LogP contribution in [0.25, 0.3) is 0 Å². The number of hydrogen-bond acceptors (Lipinski definition) is 4. The number of terminal acetylenes is 1. The standard InChI is InChI=1S/C21H24O4/c1-3-7-23-19-6-4-5-16(13-19)21(22-2)20(24-25-21)17-9-14-8-15(11-17)12-18(20)10-14/h1,4-6,13-15,17-18H,7-12H2,2H3. The van der Waals surface area contributed by atoms with Crippen LogP contribution in [0.15, 0.2) is 24.3 Å². The van der Waals surface area contributed by atoms with E-state index in [0.717, 1.165) is 23.1 Å². The second kappa shape index (κ2) is 5.48. The molecular weight excluding hydrogens is 316 g/mol. The molecule has 4 nitrogen and oxygen atoms in total. The van der Waals surface area contributed by atoms with E-state index in [1.54, 1.807) is 7.11 Å². The van der Waals surface area contributed by atoms with Crippen LogP contribution in [0.5, 0.6) is 5.75 Å². The summed E-state index contributed by atoms with van der Waals surface area (Å²) in [5, 5.41) is 0. The van der Waals surface area contributed by atoms with Gasteiger partial charge in [-0.15, -0.1) is 6.42 Å². The van der Waals surface area contributed by atoms with E-state index < -0.39 is 5.79 Å². The van der Waals surface area contributed by atoms with Gasteiger partial charge in [-0.05, 0) is 67.9 Å². The van der Waals surface area contributed by atoms with E-state index in [-0.39, 0.29) is 12.2 Å². The lowest BCUT2D eigenvalue weighted by molar-refractivity contribution is -0.645. The molecule has 1 aliphatic heterocycles. The molecule has 0 amide bonds. The summed E-state index contributed by atoms with van der Waals surface area (Å²) in [5.41, 5.74) is 0.600. The second-order valence-corrected chi connectivity index (χ2v) is 8.11. The quantitative estimate of drug-likeness (QED) is 0.619. The van der Waals surface area contributed by atoms with Gasteiger partial charge in [-0.3, -0.25) is 0 Å². The second-order valence-electron chi connectivity index (χ2n) is 8.11. The molecule has 4 heteroatoms. The first-order valence-electron chi connectivity index (χ1n) is 9.30. The normalized spacial score (nSPS) is 43.7. The van der Waals surface area contributed by atoms with Crippen molar-refractivity contribution >= 4 is 0 Å². The van der Waals surface area contributed by atoms with Crippen LogP contribution in [0, 0.1) is 36.0 Å². The predicted molar refractivity (Wildman–Crippen MR) is 91.4 cm³/mol. The van der Waals surface area contributed by atoms with Crippen molar-refractivity contribution in [1.82, 2.24) is 0 Å². The van der Waals surface area contributed by atoms with Crippen LogP contribution in [-0.4, -0.2) is 19.3 Å². The number of methoxy groups -OCH3 is 1. The first-order chi connectivity index (χ1) is 12.2. The molecule has 1 unspecified atom stereocenters. The summed E-state index contributed by atoms with van der Waals surface area (Å²) >= 11 is 0. The number of hydrogen-bond donors (Lipinski definition) is 0. The fourth-order valence-electron chi connectivity index (χ4n) is 6.27. The van der Waals surface area contributed by atoms with Gasteiger partial charge >= 0.3 is 0 Å². The smallest absolute Gasteiger partial charge is 0.260 e. The molecule has 0 radical (unpaired) electrons. The van der Waals surface area contributed by atoms with Crippen LogP contribution in [-0.2, 0) is 20.3 Å². The summed E-state index contributed by atoms with van der Waals surface area (Å²) < 4.78 is 11.7. The van der Waals surface area contributed by atoms with E-state index in [1.807, 2.05) is 24.3 Å². The number of benzene rings is 1. The molecule has 4 saturated carbocycles. The third-order valence-electron chi connectivity index (χ3n) is 6.99. The number of ether oxygens (including phenoxy) is 2. The molecule has 1 spiro atoms. The van der Waals surface area contributed by atoms with Crippen LogP contribution in [0.1, 0.15) is 37.7 Å². The Morgan fingerprint density at radius 3 is 2.40 bits per heavy atom. The molecule has 4 aliphatic carbocycles. The minimum Gasteiger partial charge on any atom is -0.481 e. The van der Waals surface area contributed by atoms with Gasteiger partial charge in [0.2, 0.25) is 0 Å². The predicted octanol–water partition coefficient (Wildman–Crippen LogP) is 3.65. The van der Waals surface area contributed by atoms with Gasteiger partial charge in [-0.25, -0.2) is 4.89 Å². The van der Waals surface area contributed by atoms with Crippen molar-refractivity contribution in [1.29, 1.82) is 0 Å². The topological polar surface area (TPSA) is 36.9 Å². The Kier molecular flexibility index (Phi) is 3.44. The van der Waals surface area contributed by atoms with Crippen molar-refractivity contribution in [2.45, 2.75) is 43.5 Å². The minimum absolute atomic E-state index is 0.251. The van der Waals surface area contributed by atoms with Crippen molar-refractivity contribution < 1.29 is 19.2 Å². The van der Waals surface area contributed by atoms with Crippen LogP contribution < -0.4 is 4.74 Å². The van der Waals surface area contributed by atoms with Gasteiger partial charge in [0, 0.05) is 12.7 Å². The Hall–Kier alpha value is -1.54. The Morgan fingerprint density at radius 1 is 1.12 bits per heavy atom. The highest BCUT2D eigenvalue weighted by Crippen LogP contribution is 2.69. The molecule has 1 aromatic carbocycles. The van der Waals surface area contributed by atoms with Gasteiger partial charge < -0.3 is 9.47 Å². The first kappa shape index (κ1) is 15.7. The molecule has 5 aliphatic rings. The van der Waals surface area contributed by atoms with Gasteiger partial charge in [-0.2, -0.15) is 4.89 Å². The van der Waals surface area contributed by atoms with E-state index >= 15 is 0 Å². The monoisotopic (exact) mass is 340 g/mol. The van der Waals surface area contributed by atoms with Crippen molar-refractivity contribution in [3.8, 4) is 18.1 Å². The van der Waals surface area contributed by atoms with Crippen LogP contribution in [0.4, 0.5) is 0 Å². The maximum atomic E-state index is 6.06. The van der Waals surface area contributed by atoms with E-state index in [1.165, 1.54) is 32.1 Å². The minimum atomic E-state index is -0.842. The first-order valence-corrected chi connectivity index (χ1v) is 9.30. The number of rotatable bonds is 4. The Labute approximate surface area is 148 Å². The highest BCUT2D eigenvalue weighted by atomic mass is 17.3. The molecule has 1 heterocycles. The summed E-state index contributed by atoms with van der Waals surface area (Å²) in [5.74, 6) is 5.13. The van der Waals surface area contributed by atoms with Crippen molar-refractivity contribution in [3.63, 3.8) is 0 Å². The zero-order valence-electron chi connectivity index (χ0n) is 14.6. The third-order valence-corrected chi connectivity index (χ3v) is 6.99. The summed E-state index contributed by atoms with van der Waals surface area (Å²) in [4.78, 5) is 11.8. The van der Waals surface area contributed by atoms with Gasteiger partial charge in [0.1, 0.15) is 12.4 Å². The summed E-state index contributed by atoms with van der Waals surface area (Å²) in [6.45, 7) is 0.251. The Morgan fingerprint density at radius 2 is 1.84 bits per heavy atom.